The third-order valence-corrected chi connectivity index (χ3v) is 6.70. The summed E-state index contributed by atoms with van der Waals surface area (Å²) in [6.07, 6.45) is -0.997. The molecule has 2 amide bonds. The molecule has 1 aromatic heterocycles. The molecule has 3 aromatic rings. The van der Waals surface area contributed by atoms with Crippen molar-refractivity contribution in [3.05, 3.63) is 98.7 Å². The fourth-order valence-corrected chi connectivity index (χ4v) is 4.47. The van der Waals surface area contributed by atoms with Gasteiger partial charge in [-0.2, -0.15) is 0 Å². The van der Waals surface area contributed by atoms with Crippen LogP contribution in [-0.4, -0.2) is 53.4 Å². The molecule has 0 spiro atoms. The Morgan fingerprint density at radius 2 is 1.78 bits per heavy atom. The number of nitrogens with one attached hydrogen (secondary N) is 2. The molecule has 2 heterocycles. The number of amides is 2. The van der Waals surface area contributed by atoms with Gasteiger partial charge in [-0.25, -0.2) is 22.0 Å². The lowest BCUT2D eigenvalue weighted by Crippen LogP contribution is -2.45. The van der Waals surface area contributed by atoms with Crippen molar-refractivity contribution in [3.8, 4) is 5.75 Å². The number of benzene rings is 2. The molecule has 1 aliphatic heterocycles. The van der Waals surface area contributed by atoms with Crippen LogP contribution in [0.4, 0.5) is 22.0 Å². The second-order valence-corrected chi connectivity index (χ2v) is 9.64. The Hall–Kier alpha value is -4.42. The molecule has 0 saturated heterocycles. The van der Waals surface area contributed by atoms with Crippen LogP contribution in [0.5, 0.6) is 5.75 Å². The van der Waals surface area contributed by atoms with Gasteiger partial charge in [0.05, 0.1) is 6.04 Å². The second-order valence-electron chi connectivity index (χ2n) is 9.64. The van der Waals surface area contributed by atoms with Crippen molar-refractivity contribution in [3.63, 3.8) is 0 Å². The number of pyridine rings is 1. The summed E-state index contributed by atoms with van der Waals surface area (Å²) < 4.78 is 77.1. The highest BCUT2D eigenvalue weighted by atomic mass is 19.2. The van der Waals surface area contributed by atoms with Crippen LogP contribution in [0.2, 0.25) is 0 Å². The highest BCUT2D eigenvalue weighted by Crippen LogP contribution is 2.24. The molecule has 4 rings (SSSR count). The second kappa shape index (κ2) is 12.4. The average molecular weight is 579 g/mol. The first-order chi connectivity index (χ1) is 19.5. The zero-order valence-electron chi connectivity index (χ0n) is 22.1. The van der Waals surface area contributed by atoms with Crippen LogP contribution in [-0.2, 0) is 13.2 Å². The summed E-state index contributed by atoms with van der Waals surface area (Å²) in [4.78, 5) is 41.1. The molecule has 2 N–H and O–H groups in total. The minimum absolute atomic E-state index is 0.203. The quantitative estimate of drug-likeness (QED) is 0.416. The van der Waals surface area contributed by atoms with Gasteiger partial charge < -0.3 is 20.4 Å². The molecule has 0 bridgehead atoms. The topological polar surface area (TPSA) is 92.7 Å². The van der Waals surface area contributed by atoms with E-state index in [0.29, 0.717) is 17.7 Å². The lowest BCUT2D eigenvalue weighted by atomic mass is 10.0. The van der Waals surface area contributed by atoms with Gasteiger partial charge in [-0.1, -0.05) is 30.3 Å². The van der Waals surface area contributed by atoms with E-state index >= 15 is 0 Å². The van der Waals surface area contributed by atoms with Crippen LogP contribution in [0.3, 0.4) is 0 Å². The summed E-state index contributed by atoms with van der Waals surface area (Å²) >= 11 is 0. The number of alkyl halides is 2. The normalized spacial score (nSPS) is 19.0. The number of halogens is 5. The summed E-state index contributed by atoms with van der Waals surface area (Å²) in [7, 11) is 1.19. The van der Waals surface area contributed by atoms with Crippen LogP contribution < -0.4 is 20.9 Å². The van der Waals surface area contributed by atoms with Crippen molar-refractivity contribution >= 4 is 11.8 Å². The van der Waals surface area contributed by atoms with Crippen LogP contribution in [0.1, 0.15) is 45.3 Å². The Morgan fingerprint density at radius 3 is 2.41 bits per heavy atom. The van der Waals surface area contributed by atoms with Gasteiger partial charge in [0.2, 0.25) is 5.43 Å². The minimum Gasteiger partial charge on any atom is -0.482 e. The van der Waals surface area contributed by atoms with Gasteiger partial charge in [0, 0.05) is 49.9 Å². The Bertz CT molecular complexity index is 1480. The monoisotopic (exact) mass is 578 g/mol. The van der Waals surface area contributed by atoms with Gasteiger partial charge in [0.1, 0.15) is 42.5 Å². The summed E-state index contributed by atoms with van der Waals surface area (Å²) in [5, 5.41) is 2.22. The maximum absolute atomic E-state index is 15.0. The molecule has 41 heavy (non-hydrogen) atoms. The fraction of sp³-hybridized carbons (Fsp3) is 0.321. The molecule has 1 aliphatic rings. The van der Waals surface area contributed by atoms with Gasteiger partial charge in [-0.05, 0) is 12.5 Å². The number of carbonyl (C=O) groups is 2. The first kappa shape index (κ1) is 29.6. The maximum atomic E-state index is 15.0. The first-order valence-corrected chi connectivity index (χ1v) is 12.6. The number of nitrogens with zero attached hydrogens (tertiary/aromatic N) is 2. The van der Waals surface area contributed by atoms with Crippen molar-refractivity contribution in [2.75, 3.05) is 19.1 Å². The Balaban J connectivity index is 1.79. The lowest BCUT2D eigenvalue weighted by Gasteiger charge is -2.28. The number of hydrogen-bond acceptors (Lipinski definition) is 5. The number of fused-ring (bicyclic) bond motifs is 1. The van der Waals surface area contributed by atoms with E-state index in [1.807, 2.05) is 0 Å². The van der Waals surface area contributed by atoms with E-state index in [4.69, 9.17) is 4.74 Å². The van der Waals surface area contributed by atoms with E-state index in [9.17, 15) is 36.3 Å². The van der Waals surface area contributed by atoms with E-state index in [-0.39, 0.29) is 13.0 Å². The van der Waals surface area contributed by atoms with Crippen molar-refractivity contribution in [1.29, 1.82) is 0 Å². The van der Waals surface area contributed by atoms with Crippen molar-refractivity contribution in [1.82, 2.24) is 14.9 Å². The number of ether oxygens (including phenoxy) is 1. The predicted octanol–water partition coefficient (Wildman–Crippen LogP) is 3.86. The summed E-state index contributed by atoms with van der Waals surface area (Å²) in [5.41, 5.74) is 0.777. The molecular formula is C28H27F5N4O4. The summed E-state index contributed by atoms with van der Waals surface area (Å²) in [6.45, 7) is -0.558. The molecule has 13 heteroatoms. The molecule has 0 unspecified atom stereocenters. The van der Waals surface area contributed by atoms with Gasteiger partial charge >= 0.3 is 0 Å². The van der Waals surface area contributed by atoms with E-state index in [2.05, 4.69) is 10.7 Å². The molecule has 3 atom stereocenters. The standard InChI is InChI=1S/C28H27F5N4O4/c1-15-8-22(33)23(11-29)36(2)28(40)24-26(41-14-16-6-4-3-5-7-16)25(38)19(13-37(24)35-15)27(39)34-12-18-20(31)9-17(30)10-21(18)32/h3-7,9-10,13,15,22-23,35H,8,11-12,14H2,1-2H3,(H,34,39)/t15-,22+,23+/m1/s1. The van der Waals surface area contributed by atoms with Crippen molar-refractivity contribution in [2.45, 2.75) is 44.8 Å². The maximum Gasteiger partial charge on any atom is 0.276 e. The third kappa shape index (κ3) is 6.34. The Kier molecular flexibility index (Phi) is 8.94. The molecule has 218 valence electrons. The zero-order valence-corrected chi connectivity index (χ0v) is 22.1. The Morgan fingerprint density at radius 1 is 1.12 bits per heavy atom. The minimum atomic E-state index is -1.75. The highest BCUT2D eigenvalue weighted by Gasteiger charge is 2.36. The van der Waals surface area contributed by atoms with E-state index in [1.54, 1.807) is 37.3 Å². The molecule has 0 saturated carbocycles. The average Bonchev–Trinajstić information content (AvgIpc) is 2.95. The van der Waals surface area contributed by atoms with Crippen LogP contribution in [0.15, 0.2) is 53.5 Å². The molecular weight excluding hydrogens is 551 g/mol. The van der Waals surface area contributed by atoms with Gasteiger partial charge in [0.25, 0.3) is 11.8 Å². The molecule has 0 radical (unpaired) electrons. The molecule has 0 fully saturated rings. The predicted molar refractivity (Wildman–Crippen MR) is 139 cm³/mol. The Labute approximate surface area is 231 Å². The number of rotatable bonds is 7. The van der Waals surface area contributed by atoms with Crippen molar-refractivity contribution in [2.24, 2.45) is 0 Å². The van der Waals surface area contributed by atoms with Crippen LogP contribution >= 0.6 is 0 Å². The first-order valence-electron chi connectivity index (χ1n) is 12.6. The SMILES string of the molecule is C[C@@H]1C[C@H](F)[C@H](CF)N(C)C(=O)c2c(OCc3ccccc3)c(=O)c(C(=O)NCc3c(F)cc(F)cc3F)cn2N1. The van der Waals surface area contributed by atoms with Gasteiger partial charge in [-0.15, -0.1) is 0 Å². The van der Waals surface area contributed by atoms with E-state index in [1.165, 1.54) is 7.05 Å². The largest absolute Gasteiger partial charge is 0.482 e. The van der Waals surface area contributed by atoms with E-state index in [0.717, 1.165) is 15.8 Å². The molecule has 0 aliphatic carbocycles. The van der Waals surface area contributed by atoms with Gasteiger partial charge in [0.15, 0.2) is 11.4 Å². The zero-order chi connectivity index (χ0) is 29.8. The highest BCUT2D eigenvalue weighted by molar-refractivity contribution is 5.99. The number of carbonyl (C=O) groups excluding carboxylic acids is 2. The van der Waals surface area contributed by atoms with Gasteiger partial charge in [-0.3, -0.25) is 19.1 Å². The smallest absolute Gasteiger partial charge is 0.276 e. The third-order valence-electron chi connectivity index (χ3n) is 6.70. The summed E-state index contributed by atoms with van der Waals surface area (Å²) in [5.74, 6) is -6.24. The number of hydrogen-bond donors (Lipinski definition) is 2. The van der Waals surface area contributed by atoms with E-state index < -0.39 is 88.7 Å². The van der Waals surface area contributed by atoms with Crippen LogP contribution in [0, 0.1) is 17.5 Å². The molecule has 8 nitrogen and oxygen atoms in total. The summed E-state index contributed by atoms with van der Waals surface area (Å²) in [6, 6.07) is 7.30. The van der Waals surface area contributed by atoms with Crippen LogP contribution in [0.25, 0.3) is 0 Å². The van der Waals surface area contributed by atoms with Crippen molar-refractivity contribution < 1.29 is 36.3 Å². The fourth-order valence-electron chi connectivity index (χ4n) is 4.47. The molecule has 2 aromatic carbocycles. The lowest BCUT2D eigenvalue weighted by molar-refractivity contribution is 0.0560. The number of aromatic nitrogens is 1.